The molecule has 0 amide bonds. The molecule has 0 spiro atoms. The summed E-state index contributed by atoms with van der Waals surface area (Å²) < 4.78 is 4.96. The van der Waals surface area contributed by atoms with E-state index in [1.54, 1.807) is 0 Å². The van der Waals surface area contributed by atoms with Gasteiger partial charge in [0.05, 0.1) is 12.2 Å². The van der Waals surface area contributed by atoms with Gasteiger partial charge in [0.2, 0.25) is 0 Å². The van der Waals surface area contributed by atoms with Gasteiger partial charge in [0.25, 0.3) is 0 Å². The van der Waals surface area contributed by atoms with Gasteiger partial charge < -0.3 is 20.1 Å². The van der Waals surface area contributed by atoms with Crippen molar-refractivity contribution in [2.45, 2.75) is 44.4 Å². The Morgan fingerprint density at radius 3 is 2.45 bits per heavy atom. The van der Waals surface area contributed by atoms with E-state index in [9.17, 15) is 0 Å². The summed E-state index contributed by atoms with van der Waals surface area (Å²) in [7, 11) is 0. The minimum absolute atomic E-state index is 0.136. The third-order valence-electron chi connectivity index (χ3n) is 1.98. The van der Waals surface area contributed by atoms with Crippen LogP contribution in [0.1, 0.15) is 19.8 Å². The van der Waals surface area contributed by atoms with Crippen molar-refractivity contribution in [1.29, 1.82) is 0 Å². The van der Waals surface area contributed by atoms with Crippen LogP contribution in [0.4, 0.5) is 0 Å². The zero-order valence-electron chi connectivity index (χ0n) is 6.47. The molecule has 1 saturated heterocycles. The standard InChI is InChI=1S/C7H14O4/c1-2-4-3-5(8)6(9)7(10)11-4/h4-10H,2-3H2,1H3/t4-,5+,6+,7?/m1/s1. The Kier molecular flexibility index (Phi) is 2.84. The molecule has 0 aromatic rings. The van der Waals surface area contributed by atoms with Crippen molar-refractivity contribution in [3.63, 3.8) is 0 Å². The van der Waals surface area contributed by atoms with E-state index in [1.807, 2.05) is 6.92 Å². The van der Waals surface area contributed by atoms with Crippen LogP contribution < -0.4 is 0 Å². The predicted molar refractivity (Wildman–Crippen MR) is 37.8 cm³/mol. The molecule has 4 nitrogen and oxygen atoms in total. The van der Waals surface area contributed by atoms with Gasteiger partial charge in [-0.25, -0.2) is 0 Å². The maximum atomic E-state index is 9.16. The average Bonchev–Trinajstić information content (AvgIpc) is 1.99. The number of hydrogen-bond acceptors (Lipinski definition) is 4. The Labute approximate surface area is 65.4 Å². The first kappa shape index (κ1) is 8.93. The van der Waals surface area contributed by atoms with Gasteiger partial charge in [0.1, 0.15) is 6.10 Å². The third kappa shape index (κ3) is 1.90. The highest BCUT2D eigenvalue weighted by molar-refractivity contribution is 4.79. The first-order valence-electron chi connectivity index (χ1n) is 3.84. The van der Waals surface area contributed by atoms with Crippen LogP contribution in [0.2, 0.25) is 0 Å². The SMILES string of the molecule is CC[C@@H]1C[C@H](O)[C@H](O)C(O)O1. The highest BCUT2D eigenvalue weighted by Crippen LogP contribution is 2.20. The largest absolute Gasteiger partial charge is 0.390 e. The van der Waals surface area contributed by atoms with E-state index in [4.69, 9.17) is 20.1 Å². The summed E-state index contributed by atoms with van der Waals surface area (Å²) in [6.07, 6.45) is -2.25. The highest BCUT2D eigenvalue weighted by Gasteiger charge is 2.34. The number of ether oxygens (including phenoxy) is 1. The van der Waals surface area contributed by atoms with E-state index < -0.39 is 18.5 Å². The quantitative estimate of drug-likeness (QED) is 0.473. The maximum Gasteiger partial charge on any atom is 0.183 e. The Hall–Kier alpha value is -0.160. The van der Waals surface area contributed by atoms with Gasteiger partial charge in [0.15, 0.2) is 6.29 Å². The summed E-state index contributed by atoms with van der Waals surface area (Å²) in [5.74, 6) is 0. The van der Waals surface area contributed by atoms with Crippen molar-refractivity contribution in [1.82, 2.24) is 0 Å². The van der Waals surface area contributed by atoms with Crippen LogP contribution >= 0.6 is 0 Å². The second kappa shape index (κ2) is 3.49. The predicted octanol–water partition coefficient (Wildman–Crippen LogP) is -0.775. The molecule has 0 aromatic heterocycles. The first-order chi connectivity index (χ1) is 5.15. The van der Waals surface area contributed by atoms with E-state index in [1.165, 1.54) is 0 Å². The summed E-state index contributed by atoms with van der Waals surface area (Å²) in [6.45, 7) is 1.90. The van der Waals surface area contributed by atoms with Gasteiger partial charge in [0, 0.05) is 6.42 Å². The van der Waals surface area contributed by atoms with E-state index in [2.05, 4.69) is 0 Å². The Morgan fingerprint density at radius 1 is 1.36 bits per heavy atom. The lowest BCUT2D eigenvalue weighted by atomic mass is 10.0. The van der Waals surface area contributed by atoms with Gasteiger partial charge in [-0.05, 0) is 6.42 Å². The smallest absolute Gasteiger partial charge is 0.183 e. The summed E-state index contributed by atoms with van der Waals surface area (Å²) in [5, 5.41) is 27.2. The molecule has 0 aromatic carbocycles. The molecule has 66 valence electrons. The number of aliphatic hydroxyl groups is 3. The van der Waals surface area contributed by atoms with Gasteiger partial charge in [-0.2, -0.15) is 0 Å². The van der Waals surface area contributed by atoms with Gasteiger partial charge in [-0.3, -0.25) is 0 Å². The third-order valence-corrected chi connectivity index (χ3v) is 1.98. The van der Waals surface area contributed by atoms with Crippen molar-refractivity contribution < 1.29 is 20.1 Å². The van der Waals surface area contributed by atoms with E-state index in [-0.39, 0.29) is 6.10 Å². The lowest BCUT2D eigenvalue weighted by molar-refractivity contribution is -0.246. The van der Waals surface area contributed by atoms with Crippen molar-refractivity contribution >= 4 is 0 Å². The Bertz CT molecular complexity index is 116. The summed E-state index contributed by atoms with van der Waals surface area (Å²) >= 11 is 0. The zero-order valence-corrected chi connectivity index (χ0v) is 6.47. The van der Waals surface area contributed by atoms with E-state index in [0.29, 0.717) is 6.42 Å². The van der Waals surface area contributed by atoms with Crippen molar-refractivity contribution in [2.75, 3.05) is 0 Å². The Morgan fingerprint density at radius 2 is 2.00 bits per heavy atom. The second-order valence-electron chi connectivity index (χ2n) is 2.85. The average molecular weight is 162 g/mol. The molecule has 11 heavy (non-hydrogen) atoms. The van der Waals surface area contributed by atoms with Gasteiger partial charge >= 0.3 is 0 Å². The molecule has 1 rings (SSSR count). The normalized spacial score (nSPS) is 45.8. The van der Waals surface area contributed by atoms with Crippen LogP contribution in [0, 0.1) is 0 Å². The second-order valence-corrected chi connectivity index (χ2v) is 2.85. The van der Waals surface area contributed by atoms with Crippen LogP contribution in [0.15, 0.2) is 0 Å². The van der Waals surface area contributed by atoms with Crippen molar-refractivity contribution in [3.05, 3.63) is 0 Å². The van der Waals surface area contributed by atoms with Crippen molar-refractivity contribution in [3.8, 4) is 0 Å². The fraction of sp³-hybridized carbons (Fsp3) is 1.00. The molecule has 1 fully saturated rings. The number of rotatable bonds is 1. The summed E-state index contributed by atoms with van der Waals surface area (Å²) in [4.78, 5) is 0. The maximum absolute atomic E-state index is 9.16. The highest BCUT2D eigenvalue weighted by atomic mass is 16.6. The van der Waals surface area contributed by atoms with E-state index >= 15 is 0 Å². The topological polar surface area (TPSA) is 69.9 Å². The molecule has 4 atom stereocenters. The van der Waals surface area contributed by atoms with Crippen LogP contribution in [0.5, 0.6) is 0 Å². The monoisotopic (exact) mass is 162 g/mol. The van der Waals surface area contributed by atoms with Crippen molar-refractivity contribution in [2.24, 2.45) is 0 Å². The molecule has 0 saturated carbocycles. The molecule has 0 aliphatic carbocycles. The molecule has 1 aliphatic heterocycles. The molecule has 3 N–H and O–H groups in total. The molecule has 1 heterocycles. The lowest BCUT2D eigenvalue weighted by Gasteiger charge is -2.33. The van der Waals surface area contributed by atoms with Gasteiger partial charge in [-0.15, -0.1) is 0 Å². The molecule has 1 unspecified atom stereocenters. The molecule has 1 aliphatic rings. The number of aliphatic hydroxyl groups excluding tert-OH is 3. The summed E-state index contributed by atoms with van der Waals surface area (Å²) in [6, 6.07) is 0. The zero-order chi connectivity index (χ0) is 8.43. The molecule has 4 heteroatoms. The summed E-state index contributed by atoms with van der Waals surface area (Å²) in [5.41, 5.74) is 0. The Balaban J connectivity index is 2.47. The fourth-order valence-corrected chi connectivity index (χ4v) is 1.19. The minimum Gasteiger partial charge on any atom is -0.390 e. The number of hydrogen-bond donors (Lipinski definition) is 3. The van der Waals surface area contributed by atoms with Crippen LogP contribution in [-0.4, -0.2) is 39.9 Å². The molecular weight excluding hydrogens is 148 g/mol. The first-order valence-corrected chi connectivity index (χ1v) is 3.84. The van der Waals surface area contributed by atoms with Crippen LogP contribution in [-0.2, 0) is 4.74 Å². The molecular formula is C7H14O4. The van der Waals surface area contributed by atoms with Gasteiger partial charge in [-0.1, -0.05) is 6.92 Å². The molecule has 0 radical (unpaired) electrons. The minimum atomic E-state index is -1.23. The lowest BCUT2D eigenvalue weighted by Crippen LogP contribution is -2.47. The van der Waals surface area contributed by atoms with Crippen LogP contribution in [0.3, 0.4) is 0 Å². The molecule has 0 bridgehead atoms. The van der Waals surface area contributed by atoms with Crippen LogP contribution in [0.25, 0.3) is 0 Å². The van der Waals surface area contributed by atoms with E-state index in [0.717, 1.165) is 6.42 Å². The fourth-order valence-electron chi connectivity index (χ4n) is 1.19.